The molecule has 30 heavy (non-hydrogen) atoms. The number of likely N-dealkylation sites (tertiary alicyclic amines) is 3. The number of hydrogen-bond acceptors (Lipinski definition) is 4. The van der Waals surface area contributed by atoms with Crippen LogP contribution in [0.25, 0.3) is 0 Å². The molecule has 0 N–H and O–H groups in total. The molecule has 1 atom stereocenters. The molecule has 0 aliphatic carbocycles. The van der Waals surface area contributed by atoms with Gasteiger partial charge in [-0.1, -0.05) is 0 Å². The van der Waals surface area contributed by atoms with Gasteiger partial charge in [0.05, 0.1) is 11.0 Å². The van der Waals surface area contributed by atoms with Crippen LogP contribution in [0.5, 0.6) is 0 Å². The predicted octanol–water partition coefficient (Wildman–Crippen LogP) is 1.54. The monoisotopic (exact) mass is 413 g/mol. The average Bonchev–Trinajstić information content (AvgIpc) is 3.26. The standard InChI is InChI=1S/C22H31N5O3/c1-4-25-13-9-22(19(25)29)16-27(20(30)24(2)3)15-21(22)7-11-26(12-8-21)18(28)17-6-5-10-23-14-17/h5-6,10,14H,4,7-9,11-13,15-16H2,1-3H3/t22-/m1/s1. The van der Waals surface area contributed by atoms with E-state index in [2.05, 4.69) is 4.98 Å². The van der Waals surface area contributed by atoms with E-state index in [0.717, 1.165) is 25.8 Å². The van der Waals surface area contributed by atoms with Crippen molar-refractivity contribution in [3.8, 4) is 0 Å². The van der Waals surface area contributed by atoms with Crippen molar-refractivity contribution in [2.75, 3.05) is 53.4 Å². The van der Waals surface area contributed by atoms with Gasteiger partial charge in [-0.15, -0.1) is 0 Å². The Morgan fingerprint density at radius 3 is 2.40 bits per heavy atom. The molecule has 4 heterocycles. The quantitative estimate of drug-likeness (QED) is 0.737. The molecule has 0 saturated carbocycles. The molecule has 0 bridgehead atoms. The third kappa shape index (κ3) is 3.04. The van der Waals surface area contributed by atoms with Crippen molar-refractivity contribution in [2.24, 2.45) is 10.8 Å². The maximum atomic E-state index is 13.5. The smallest absolute Gasteiger partial charge is 0.319 e. The Labute approximate surface area is 177 Å². The number of amides is 4. The molecule has 0 aromatic carbocycles. The normalized spacial score (nSPS) is 25.4. The average molecular weight is 414 g/mol. The zero-order valence-corrected chi connectivity index (χ0v) is 18.1. The van der Waals surface area contributed by atoms with E-state index in [1.807, 2.05) is 21.6 Å². The lowest BCUT2D eigenvalue weighted by Gasteiger charge is -2.46. The van der Waals surface area contributed by atoms with E-state index >= 15 is 0 Å². The predicted molar refractivity (Wildman–Crippen MR) is 112 cm³/mol. The van der Waals surface area contributed by atoms with E-state index < -0.39 is 5.41 Å². The molecule has 3 aliphatic rings. The van der Waals surface area contributed by atoms with Gasteiger partial charge < -0.3 is 19.6 Å². The second-order valence-electron chi connectivity index (χ2n) is 9.06. The lowest BCUT2D eigenvalue weighted by molar-refractivity contribution is -0.141. The van der Waals surface area contributed by atoms with E-state index in [-0.39, 0.29) is 23.3 Å². The van der Waals surface area contributed by atoms with Crippen LogP contribution in [0.2, 0.25) is 0 Å². The number of nitrogens with zero attached hydrogens (tertiary/aromatic N) is 5. The van der Waals surface area contributed by atoms with E-state index in [4.69, 9.17) is 0 Å². The largest absolute Gasteiger partial charge is 0.342 e. The van der Waals surface area contributed by atoms with Gasteiger partial charge in [-0.05, 0) is 38.3 Å². The number of hydrogen-bond donors (Lipinski definition) is 0. The summed E-state index contributed by atoms with van der Waals surface area (Å²) in [6.45, 7) is 5.72. The van der Waals surface area contributed by atoms with E-state index in [9.17, 15) is 14.4 Å². The summed E-state index contributed by atoms with van der Waals surface area (Å²) in [5, 5.41) is 0. The van der Waals surface area contributed by atoms with Crippen LogP contribution in [-0.4, -0.2) is 95.8 Å². The molecule has 4 rings (SSSR count). The third-order valence-corrected chi connectivity index (χ3v) is 7.43. The molecule has 1 aromatic heterocycles. The summed E-state index contributed by atoms with van der Waals surface area (Å²) in [4.78, 5) is 50.5. The fourth-order valence-corrected chi connectivity index (χ4v) is 5.71. The van der Waals surface area contributed by atoms with Crippen LogP contribution in [0.1, 0.15) is 36.5 Å². The molecule has 3 saturated heterocycles. The van der Waals surface area contributed by atoms with Crippen LogP contribution < -0.4 is 0 Å². The number of urea groups is 1. The summed E-state index contributed by atoms with van der Waals surface area (Å²) in [6.07, 6.45) is 5.51. The van der Waals surface area contributed by atoms with Crippen molar-refractivity contribution < 1.29 is 14.4 Å². The molecule has 3 fully saturated rings. The number of carbonyl (C=O) groups is 3. The number of pyridine rings is 1. The van der Waals surface area contributed by atoms with Gasteiger partial charge in [-0.2, -0.15) is 0 Å². The van der Waals surface area contributed by atoms with Gasteiger partial charge in [0.25, 0.3) is 5.91 Å². The van der Waals surface area contributed by atoms with E-state index in [0.29, 0.717) is 38.3 Å². The highest BCUT2D eigenvalue weighted by molar-refractivity contribution is 5.94. The zero-order chi connectivity index (χ0) is 21.5. The van der Waals surface area contributed by atoms with Gasteiger partial charge in [0.15, 0.2) is 0 Å². The van der Waals surface area contributed by atoms with Crippen LogP contribution >= 0.6 is 0 Å². The molecule has 4 amide bonds. The maximum Gasteiger partial charge on any atom is 0.319 e. The Bertz CT molecular complexity index is 834. The van der Waals surface area contributed by atoms with Gasteiger partial charge in [0, 0.05) is 71.2 Å². The van der Waals surface area contributed by atoms with Gasteiger partial charge in [0.1, 0.15) is 0 Å². The molecule has 0 unspecified atom stereocenters. The molecule has 1 aromatic rings. The Balaban J connectivity index is 1.58. The highest BCUT2D eigenvalue weighted by Crippen LogP contribution is 2.58. The van der Waals surface area contributed by atoms with Gasteiger partial charge in [-0.3, -0.25) is 14.6 Å². The molecule has 0 radical (unpaired) electrons. The SMILES string of the molecule is CCN1CC[C@@]2(CN(C(=O)N(C)C)CC23CCN(C(=O)c2cccnc2)CC3)C1=O. The summed E-state index contributed by atoms with van der Waals surface area (Å²) in [6, 6.07) is 3.52. The third-order valence-electron chi connectivity index (χ3n) is 7.43. The molecular weight excluding hydrogens is 382 g/mol. The van der Waals surface area contributed by atoms with Crippen LogP contribution in [0.3, 0.4) is 0 Å². The first-order chi connectivity index (χ1) is 14.3. The second kappa shape index (κ2) is 7.56. The zero-order valence-electron chi connectivity index (χ0n) is 18.1. The first-order valence-electron chi connectivity index (χ1n) is 10.8. The number of aromatic nitrogens is 1. The fraction of sp³-hybridized carbons (Fsp3) is 0.636. The molecule has 8 heteroatoms. The van der Waals surface area contributed by atoms with E-state index in [1.165, 1.54) is 0 Å². The Kier molecular flexibility index (Phi) is 5.20. The van der Waals surface area contributed by atoms with Gasteiger partial charge in [-0.25, -0.2) is 4.79 Å². The first-order valence-corrected chi connectivity index (χ1v) is 10.8. The van der Waals surface area contributed by atoms with E-state index in [1.54, 1.807) is 43.5 Å². The summed E-state index contributed by atoms with van der Waals surface area (Å²) < 4.78 is 0. The molecule has 3 aliphatic heterocycles. The molecule has 2 spiro atoms. The molecule has 162 valence electrons. The number of rotatable bonds is 2. The van der Waals surface area contributed by atoms with Crippen LogP contribution in [0, 0.1) is 10.8 Å². The lowest BCUT2D eigenvalue weighted by Crippen LogP contribution is -2.53. The highest BCUT2D eigenvalue weighted by Gasteiger charge is 2.66. The van der Waals surface area contributed by atoms with Crippen LogP contribution in [0.4, 0.5) is 4.79 Å². The minimum absolute atomic E-state index is 0.0147. The summed E-state index contributed by atoms with van der Waals surface area (Å²) >= 11 is 0. The minimum Gasteiger partial charge on any atom is -0.342 e. The van der Waals surface area contributed by atoms with Crippen molar-refractivity contribution in [1.29, 1.82) is 0 Å². The topological polar surface area (TPSA) is 77.1 Å². The van der Waals surface area contributed by atoms with Gasteiger partial charge in [0.2, 0.25) is 5.91 Å². The van der Waals surface area contributed by atoms with Crippen LogP contribution in [0.15, 0.2) is 24.5 Å². The first kappa shape index (κ1) is 20.6. The van der Waals surface area contributed by atoms with Crippen molar-refractivity contribution in [3.63, 3.8) is 0 Å². The summed E-state index contributed by atoms with van der Waals surface area (Å²) in [7, 11) is 3.51. The Morgan fingerprint density at radius 1 is 1.10 bits per heavy atom. The minimum atomic E-state index is -0.530. The highest BCUT2D eigenvalue weighted by atomic mass is 16.2. The summed E-state index contributed by atoms with van der Waals surface area (Å²) in [5.74, 6) is 0.172. The molecular formula is C22H31N5O3. The van der Waals surface area contributed by atoms with Crippen LogP contribution in [-0.2, 0) is 4.79 Å². The maximum absolute atomic E-state index is 13.5. The lowest BCUT2D eigenvalue weighted by atomic mass is 9.60. The van der Waals surface area contributed by atoms with Crippen molar-refractivity contribution in [3.05, 3.63) is 30.1 Å². The fourth-order valence-electron chi connectivity index (χ4n) is 5.71. The number of carbonyl (C=O) groups excluding carboxylic acids is 3. The molecule has 8 nitrogen and oxygen atoms in total. The van der Waals surface area contributed by atoms with Gasteiger partial charge >= 0.3 is 6.03 Å². The van der Waals surface area contributed by atoms with Crippen molar-refractivity contribution >= 4 is 17.8 Å². The Morgan fingerprint density at radius 2 is 1.83 bits per heavy atom. The van der Waals surface area contributed by atoms with Crippen molar-refractivity contribution in [2.45, 2.75) is 26.2 Å². The summed E-state index contributed by atoms with van der Waals surface area (Å²) in [5.41, 5.74) is -0.211. The second-order valence-corrected chi connectivity index (χ2v) is 9.06. The number of piperidine rings is 1. The Hall–Kier alpha value is -2.64. The van der Waals surface area contributed by atoms with Crippen molar-refractivity contribution in [1.82, 2.24) is 24.6 Å². The number of fused-ring (bicyclic) bond motifs is 1.